The van der Waals surface area contributed by atoms with Gasteiger partial charge in [0.05, 0.1) is 12.6 Å². The smallest absolute Gasteiger partial charge is 0.111 e. The van der Waals surface area contributed by atoms with E-state index in [1.165, 1.54) is 37.7 Å². The van der Waals surface area contributed by atoms with Crippen molar-refractivity contribution in [1.29, 1.82) is 0 Å². The number of benzene rings is 1. The molecule has 0 N–H and O–H groups in total. The second-order valence-corrected chi connectivity index (χ2v) is 5.54. The first-order valence-corrected chi connectivity index (χ1v) is 7.34. The zero-order valence-corrected chi connectivity index (χ0v) is 11.2. The van der Waals surface area contributed by atoms with Gasteiger partial charge in [-0.1, -0.05) is 43.7 Å². The van der Waals surface area contributed by atoms with Gasteiger partial charge in [0.15, 0.2) is 0 Å². The fraction of sp³-hybridized carbons (Fsp3) is 0.625. The zero-order chi connectivity index (χ0) is 12.4. The lowest BCUT2D eigenvalue weighted by Gasteiger charge is -2.39. The first-order valence-electron chi connectivity index (χ1n) is 7.34. The van der Waals surface area contributed by atoms with Gasteiger partial charge in [0.25, 0.3) is 0 Å². The molecule has 0 radical (unpaired) electrons. The number of nitrogens with zero attached hydrogens (tertiary/aromatic N) is 1. The maximum atomic E-state index is 6.03. The fourth-order valence-corrected chi connectivity index (χ4v) is 3.54. The average Bonchev–Trinajstić information content (AvgIpc) is 2.85. The lowest BCUT2D eigenvalue weighted by Crippen LogP contribution is -2.44. The highest BCUT2D eigenvalue weighted by atomic mass is 16.5. The standard InChI is InChI=1S/C16H23NO/c1-2-7-14-10-6-11-16-17(14)15(12-18-16)13-8-4-3-5-9-13/h3-5,8-9,14-16H,2,6-7,10-12H2,1H3/t14-,15+,16-/m0/s1. The minimum absolute atomic E-state index is 0.375. The van der Waals surface area contributed by atoms with Gasteiger partial charge >= 0.3 is 0 Å². The molecule has 0 bridgehead atoms. The summed E-state index contributed by atoms with van der Waals surface area (Å²) in [4.78, 5) is 2.66. The Morgan fingerprint density at radius 1 is 1.22 bits per heavy atom. The molecule has 1 aromatic carbocycles. The summed E-state index contributed by atoms with van der Waals surface area (Å²) >= 11 is 0. The van der Waals surface area contributed by atoms with Crippen LogP contribution in [0.15, 0.2) is 30.3 Å². The third-order valence-corrected chi connectivity index (χ3v) is 4.36. The number of hydrogen-bond acceptors (Lipinski definition) is 2. The molecule has 0 unspecified atom stereocenters. The monoisotopic (exact) mass is 245 g/mol. The van der Waals surface area contributed by atoms with Crippen LogP contribution < -0.4 is 0 Å². The van der Waals surface area contributed by atoms with Gasteiger partial charge < -0.3 is 4.74 Å². The molecule has 3 atom stereocenters. The highest BCUT2D eigenvalue weighted by Gasteiger charge is 2.41. The van der Waals surface area contributed by atoms with Gasteiger partial charge in [0.1, 0.15) is 6.23 Å². The summed E-state index contributed by atoms with van der Waals surface area (Å²) in [6, 6.07) is 12.1. The number of fused-ring (bicyclic) bond motifs is 1. The van der Waals surface area contributed by atoms with Crippen molar-refractivity contribution in [3.05, 3.63) is 35.9 Å². The van der Waals surface area contributed by atoms with Gasteiger partial charge in [0.2, 0.25) is 0 Å². The molecule has 0 aliphatic carbocycles. The van der Waals surface area contributed by atoms with E-state index in [1.807, 2.05) is 0 Å². The predicted molar refractivity (Wildman–Crippen MR) is 73.3 cm³/mol. The topological polar surface area (TPSA) is 12.5 Å². The van der Waals surface area contributed by atoms with Crippen LogP contribution in [0.1, 0.15) is 50.6 Å². The van der Waals surface area contributed by atoms with Gasteiger partial charge in [-0.25, -0.2) is 0 Å². The molecule has 2 saturated heterocycles. The Hall–Kier alpha value is -0.860. The summed E-state index contributed by atoms with van der Waals surface area (Å²) in [6.45, 7) is 3.16. The van der Waals surface area contributed by atoms with E-state index in [0.29, 0.717) is 12.3 Å². The minimum atomic E-state index is 0.375. The molecular weight excluding hydrogens is 222 g/mol. The molecule has 0 aromatic heterocycles. The van der Waals surface area contributed by atoms with Crippen LogP contribution in [-0.2, 0) is 4.74 Å². The van der Waals surface area contributed by atoms with E-state index >= 15 is 0 Å². The summed E-state index contributed by atoms with van der Waals surface area (Å²) in [5.74, 6) is 0. The summed E-state index contributed by atoms with van der Waals surface area (Å²) < 4.78 is 6.03. The molecule has 18 heavy (non-hydrogen) atoms. The SMILES string of the molecule is CCC[C@H]1CCC[C@@H]2OC[C@H](c3ccccc3)N12. The van der Waals surface area contributed by atoms with Crippen molar-refractivity contribution in [2.45, 2.75) is 57.3 Å². The first-order chi connectivity index (χ1) is 8.90. The van der Waals surface area contributed by atoms with E-state index in [1.54, 1.807) is 0 Å². The summed E-state index contributed by atoms with van der Waals surface area (Å²) in [5, 5.41) is 0. The normalized spacial score (nSPS) is 32.4. The Bertz CT molecular complexity index is 376. The van der Waals surface area contributed by atoms with Gasteiger partial charge in [-0.05, 0) is 31.2 Å². The highest BCUT2D eigenvalue weighted by molar-refractivity contribution is 5.20. The van der Waals surface area contributed by atoms with E-state index < -0.39 is 0 Å². The number of ether oxygens (including phenoxy) is 1. The highest BCUT2D eigenvalue weighted by Crippen LogP contribution is 2.39. The van der Waals surface area contributed by atoms with Crippen LogP contribution in [0.2, 0.25) is 0 Å². The van der Waals surface area contributed by atoms with Crippen molar-refractivity contribution >= 4 is 0 Å². The van der Waals surface area contributed by atoms with Gasteiger partial charge in [-0.3, -0.25) is 4.90 Å². The molecule has 2 nitrogen and oxygen atoms in total. The summed E-state index contributed by atoms with van der Waals surface area (Å²) in [5.41, 5.74) is 1.42. The minimum Gasteiger partial charge on any atom is -0.361 e. The Morgan fingerprint density at radius 3 is 2.83 bits per heavy atom. The van der Waals surface area contributed by atoms with Crippen LogP contribution in [0.25, 0.3) is 0 Å². The Labute approximate surface area is 110 Å². The number of piperidine rings is 1. The van der Waals surface area contributed by atoms with Crippen LogP contribution in [0.3, 0.4) is 0 Å². The van der Waals surface area contributed by atoms with E-state index in [4.69, 9.17) is 4.74 Å². The number of rotatable bonds is 3. The van der Waals surface area contributed by atoms with Crippen LogP contribution in [0, 0.1) is 0 Å². The molecule has 2 aliphatic rings. The first kappa shape index (κ1) is 12.2. The Balaban J connectivity index is 1.83. The van der Waals surface area contributed by atoms with Crippen molar-refractivity contribution < 1.29 is 4.74 Å². The molecule has 2 aliphatic heterocycles. The largest absolute Gasteiger partial charge is 0.361 e. The maximum Gasteiger partial charge on any atom is 0.111 e. The van der Waals surface area contributed by atoms with Crippen LogP contribution >= 0.6 is 0 Å². The van der Waals surface area contributed by atoms with Gasteiger partial charge in [-0.15, -0.1) is 0 Å². The van der Waals surface area contributed by atoms with E-state index in [0.717, 1.165) is 12.6 Å². The predicted octanol–water partition coefficient (Wildman–Crippen LogP) is 3.74. The lowest BCUT2D eigenvalue weighted by atomic mass is 9.94. The van der Waals surface area contributed by atoms with Crippen molar-refractivity contribution in [3.8, 4) is 0 Å². The quantitative estimate of drug-likeness (QED) is 0.804. The van der Waals surface area contributed by atoms with Crippen molar-refractivity contribution in [3.63, 3.8) is 0 Å². The third-order valence-electron chi connectivity index (χ3n) is 4.36. The summed E-state index contributed by atoms with van der Waals surface area (Å²) in [6.07, 6.45) is 6.84. The molecule has 0 spiro atoms. The molecule has 2 heteroatoms. The number of hydrogen-bond donors (Lipinski definition) is 0. The molecule has 3 rings (SSSR count). The average molecular weight is 245 g/mol. The third kappa shape index (κ3) is 2.19. The molecule has 0 amide bonds. The van der Waals surface area contributed by atoms with E-state index in [2.05, 4.69) is 42.2 Å². The molecule has 2 fully saturated rings. The molecule has 98 valence electrons. The van der Waals surface area contributed by atoms with E-state index in [-0.39, 0.29) is 0 Å². The molecular formula is C16H23NO. The summed E-state index contributed by atoms with van der Waals surface area (Å²) in [7, 11) is 0. The fourth-order valence-electron chi connectivity index (χ4n) is 3.54. The van der Waals surface area contributed by atoms with Gasteiger partial charge in [-0.2, -0.15) is 0 Å². The Morgan fingerprint density at radius 2 is 2.06 bits per heavy atom. The molecule has 0 saturated carbocycles. The van der Waals surface area contributed by atoms with E-state index in [9.17, 15) is 0 Å². The second-order valence-electron chi connectivity index (χ2n) is 5.54. The second kappa shape index (κ2) is 5.41. The maximum absolute atomic E-state index is 6.03. The van der Waals surface area contributed by atoms with Crippen LogP contribution in [0.5, 0.6) is 0 Å². The molecule has 1 aromatic rings. The van der Waals surface area contributed by atoms with Gasteiger partial charge in [0, 0.05) is 6.04 Å². The zero-order valence-electron chi connectivity index (χ0n) is 11.2. The Kier molecular flexibility index (Phi) is 3.67. The van der Waals surface area contributed by atoms with Crippen LogP contribution in [-0.4, -0.2) is 23.8 Å². The van der Waals surface area contributed by atoms with Crippen molar-refractivity contribution in [1.82, 2.24) is 4.90 Å². The van der Waals surface area contributed by atoms with Crippen LogP contribution in [0.4, 0.5) is 0 Å². The lowest BCUT2D eigenvalue weighted by molar-refractivity contribution is -0.0283. The van der Waals surface area contributed by atoms with Crippen molar-refractivity contribution in [2.24, 2.45) is 0 Å². The molecule has 2 heterocycles. The van der Waals surface area contributed by atoms with Crippen molar-refractivity contribution in [2.75, 3.05) is 6.61 Å².